The molecule has 0 bridgehead atoms. The summed E-state index contributed by atoms with van der Waals surface area (Å²) >= 11 is 0. The summed E-state index contributed by atoms with van der Waals surface area (Å²) in [6, 6.07) is 8.12. The molecule has 0 aromatic heterocycles. The Labute approximate surface area is 113 Å². The highest BCUT2D eigenvalue weighted by atomic mass is 19.1. The van der Waals surface area contributed by atoms with E-state index in [4.69, 9.17) is 5.26 Å². The van der Waals surface area contributed by atoms with Crippen LogP contribution < -0.4 is 5.73 Å². The number of halogens is 1. The predicted molar refractivity (Wildman–Crippen MR) is 78.3 cm³/mol. The fraction of sp³-hybridized carbons (Fsp3) is 0.0625. The normalized spacial score (nSPS) is 10.3. The standard InChI is InChI=1S/C14H12FN.C2H5N/c1-3-12(10-16)5-4-11(2)13-6-8-14(15)9-7-13;1-2-3/h3-9H,2H2,1H3;2H,1,3H2/b5-4-,12-3+;. The third kappa shape index (κ3) is 6.64. The van der Waals surface area contributed by atoms with Crippen LogP contribution >= 0.6 is 0 Å². The molecule has 0 saturated carbocycles. The molecule has 0 unspecified atom stereocenters. The number of hydrogen-bond acceptors (Lipinski definition) is 2. The van der Waals surface area contributed by atoms with Crippen LogP contribution in [-0.2, 0) is 0 Å². The van der Waals surface area contributed by atoms with Crippen LogP contribution in [0.3, 0.4) is 0 Å². The van der Waals surface area contributed by atoms with Crippen LogP contribution in [0.15, 0.2) is 67.4 Å². The third-order valence-electron chi connectivity index (χ3n) is 2.12. The Balaban J connectivity index is 0.000000982. The summed E-state index contributed by atoms with van der Waals surface area (Å²) in [5.74, 6) is -0.272. The SMILES string of the molecule is C=C(/C=C\C(C#N)=C/C)c1ccc(F)cc1.C=CN. The maximum atomic E-state index is 12.7. The van der Waals surface area contributed by atoms with E-state index in [-0.39, 0.29) is 5.82 Å². The van der Waals surface area contributed by atoms with Crippen molar-refractivity contribution >= 4 is 5.57 Å². The van der Waals surface area contributed by atoms with Crippen molar-refractivity contribution in [3.05, 3.63) is 78.8 Å². The first-order valence-corrected chi connectivity index (χ1v) is 5.61. The highest BCUT2D eigenvalue weighted by Crippen LogP contribution is 2.14. The summed E-state index contributed by atoms with van der Waals surface area (Å²) in [5.41, 5.74) is 6.77. The van der Waals surface area contributed by atoms with E-state index >= 15 is 0 Å². The zero-order chi connectivity index (χ0) is 14.7. The van der Waals surface area contributed by atoms with Gasteiger partial charge in [-0.2, -0.15) is 5.26 Å². The number of allylic oxidation sites excluding steroid dienone is 5. The van der Waals surface area contributed by atoms with Crippen molar-refractivity contribution < 1.29 is 4.39 Å². The third-order valence-corrected chi connectivity index (χ3v) is 2.12. The Hall–Kier alpha value is -2.60. The number of nitrogens with two attached hydrogens (primary N) is 1. The molecule has 0 spiro atoms. The Morgan fingerprint density at radius 3 is 2.26 bits per heavy atom. The van der Waals surface area contributed by atoms with Crippen LogP contribution in [0, 0.1) is 17.1 Å². The summed E-state index contributed by atoms with van der Waals surface area (Å²) in [7, 11) is 0. The molecule has 1 rings (SSSR count). The monoisotopic (exact) mass is 256 g/mol. The Morgan fingerprint density at radius 2 is 1.84 bits per heavy atom. The van der Waals surface area contributed by atoms with E-state index in [1.165, 1.54) is 18.3 Å². The van der Waals surface area contributed by atoms with Crippen molar-refractivity contribution in [3.63, 3.8) is 0 Å². The molecule has 0 amide bonds. The first-order chi connectivity index (χ1) is 9.08. The lowest BCUT2D eigenvalue weighted by Crippen LogP contribution is -1.80. The molecule has 0 fully saturated rings. The zero-order valence-corrected chi connectivity index (χ0v) is 10.9. The van der Waals surface area contributed by atoms with Gasteiger partial charge in [0, 0.05) is 5.57 Å². The molecular weight excluding hydrogens is 239 g/mol. The lowest BCUT2D eigenvalue weighted by Gasteiger charge is -1.99. The minimum absolute atomic E-state index is 0.272. The van der Waals surface area contributed by atoms with Gasteiger partial charge in [-0.05, 0) is 42.5 Å². The van der Waals surface area contributed by atoms with Gasteiger partial charge in [0.05, 0.1) is 6.07 Å². The number of benzene rings is 1. The van der Waals surface area contributed by atoms with Gasteiger partial charge in [-0.1, -0.05) is 37.4 Å². The van der Waals surface area contributed by atoms with Crippen LogP contribution in [0.25, 0.3) is 5.57 Å². The molecule has 3 heteroatoms. The van der Waals surface area contributed by atoms with Gasteiger partial charge in [-0.15, -0.1) is 0 Å². The second-order valence-corrected chi connectivity index (χ2v) is 3.46. The van der Waals surface area contributed by atoms with Gasteiger partial charge in [0.25, 0.3) is 0 Å². The van der Waals surface area contributed by atoms with E-state index in [1.807, 2.05) is 6.07 Å². The zero-order valence-electron chi connectivity index (χ0n) is 10.9. The van der Waals surface area contributed by atoms with Crippen molar-refractivity contribution in [2.24, 2.45) is 5.73 Å². The summed E-state index contributed by atoms with van der Waals surface area (Å²) in [6.07, 6.45) is 6.39. The average molecular weight is 256 g/mol. The minimum atomic E-state index is -0.272. The molecule has 0 aliphatic rings. The molecule has 0 saturated heterocycles. The summed E-state index contributed by atoms with van der Waals surface area (Å²) < 4.78 is 12.7. The Morgan fingerprint density at radius 1 is 1.32 bits per heavy atom. The fourth-order valence-corrected chi connectivity index (χ4v) is 1.15. The van der Waals surface area contributed by atoms with Crippen LogP contribution in [-0.4, -0.2) is 0 Å². The van der Waals surface area contributed by atoms with E-state index in [2.05, 4.69) is 18.9 Å². The largest absolute Gasteiger partial charge is 0.405 e. The number of rotatable bonds is 3. The second kappa shape index (κ2) is 9.43. The topological polar surface area (TPSA) is 49.8 Å². The summed E-state index contributed by atoms with van der Waals surface area (Å²) in [5, 5.41) is 8.70. The maximum absolute atomic E-state index is 12.7. The Kier molecular flexibility index (Phi) is 8.14. The fourth-order valence-electron chi connectivity index (χ4n) is 1.15. The van der Waals surface area contributed by atoms with E-state index < -0.39 is 0 Å². The van der Waals surface area contributed by atoms with Gasteiger partial charge >= 0.3 is 0 Å². The predicted octanol–water partition coefficient (Wildman–Crippen LogP) is 3.95. The van der Waals surface area contributed by atoms with Crippen LogP contribution in [0.2, 0.25) is 0 Å². The van der Waals surface area contributed by atoms with Crippen molar-refractivity contribution in [2.75, 3.05) is 0 Å². The van der Waals surface area contributed by atoms with Gasteiger partial charge in [-0.3, -0.25) is 0 Å². The molecule has 98 valence electrons. The number of nitrogens with zero attached hydrogens (tertiary/aromatic N) is 1. The number of hydrogen-bond donors (Lipinski definition) is 1. The minimum Gasteiger partial charge on any atom is -0.405 e. The van der Waals surface area contributed by atoms with Gasteiger partial charge in [-0.25, -0.2) is 4.39 Å². The summed E-state index contributed by atoms with van der Waals surface area (Å²) in [4.78, 5) is 0. The number of nitriles is 1. The molecular formula is C16H17FN2. The highest BCUT2D eigenvalue weighted by molar-refractivity contribution is 5.72. The molecule has 1 aromatic carbocycles. The molecule has 0 aliphatic heterocycles. The Bertz CT molecular complexity index is 517. The van der Waals surface area contributed by atoms with Crippen molar-refractivity contribution in [1.82, 2.24) is 0 Å². The van der Waals surface area contributed by atoms with Crippen LogP contribution in [0.1, 0.15) is 12.5 Å². The lowest BCUT2D eigenvalue weighted by molar-refractivity contribution is 0.627. The van der Waals surface area contributed by atoms with Gasteiger partial charge in [0.15, 0.2) is 0 Å². The van der Waals surface area contributed by atoms with Crippen molar-refractivity contribution in [2.45, 2.75) is 6.92 Å². The van der Waals surface area contributed by atoms with Crippen LogP contribution in [0.5, 0.6) is 0 Å². The van der Waals surface area contributed by atoms with Gasteiger partial charge < -0.3 is 5.73 Å². The van der Waals surface area contributed by atoms with Crippen LogP contribution in [0.4, 0.5) is 4.39 Å². The molecule has 1 aromatic rings. The van der Waals surface area contributed by atoms with E-state index in [0.29, 0.717) is 5.57 Å². The molecule has 0 aliphatic carbocycles. The maximum Gasteiger partial charge on any atom is 0.123 e. The van der Waals surface area contributed by atoms with E-state index in [9.17, 15) is 4.39 Å². The van der Waals surface area contributed by atoms with Crippen molar-refractivity contribution in [3.8, 4) is 6.07 Å². The quantitative estimate of drug-likeness (QED) is 0.657. The molecule has 2 N–H and O–H groups in total. The molecule has 2 nitrogen and oxygen atoms in total. The average Bonchev–Trinajstić information content (AvgIpc) is 2.41. The first-order valence-electron chi connectivity index (χ1n) is 5.61. The van der Waals surface area contributed by atoms with E-state index in [0.717, 1.165) is 11.1 Å². The van der Waals surface area contributed by atoms with Crippen molar-refractivity contribution in [1.29, 1.82) is 5.26 Å². The molecule has 0 heterocycles. The second-order valence-electron chi connectivity index (χ2n) is 3.46. The molecule has 0 radical (unpaired) electrons. The summed E-state index contributed by atoms with van der Waals surface area (Å²) in [6.45, 7) is 8.78. The van der Waals surface area contributed by atoms with Gasteiger partial charge in [0.2, 0.25) is 0 Å². The molecule has 0 atom stereocenters. The van der Waals surface area contributed by atoms with E-state index in [1.54, 1.807) is 37.3 Å². The smallest absolute Gasteiger partial charge is 0.123 e. The van der Waals surface area contributed by atoms with Gasteiger partial charge in [0.1, 0.15) is 5.82 Å². The molecule has 19 heavy (non-hydrogen) atoms. The highest BCUT2D eigenvalue weighted by Gasteiger charge is 1.95. The first kappa shape index (κ1) is 16.4. The lowest BCUT2D eigenvalue weighted by atomic mass is 10.1.